The first-order chi connectivity index (χ1) is 9.62. The molecule has 0 heterocycles. The van der Waals surface area contributed by atoms with Crippen molar-refractivity contribution < 1.29 is 9.22 Å². The zero-order chi connectivity index (χ0) is 16.4. The van der Waals surface area contributed by atoms with Crippen LogP contribution in [0.2, 0.25) is 16.6 Å². The topological polar surface area (TPSA) is 26.3 Å². The lowest BCUT2D eigenvalue weighted by Crippen LogP contribution is -2.51. The molecule has 0 saturated heterocycles. The number of ketones is 1. The van der Waals surface area contributed by atoms with Crippen molar-refractivity contribution >= 4 is 14.1 Å². The summed E-state index contributed by atoms with van der Waals surface area (Å²) in [4.78, 5) is 12.5. The molecule has 122 valence electrons. The Labute approximate surface area is 132 Å². The first-order valence-corrected chi connectivity index (χ1v) is 10.6. The van der Waals surface area contributed by atoms with E-state index in [0.717, 1.165) is 12.8 Å². The average molecular weight is 311 g/mol. The van der Waals surface area contributed by atoms with E-state index < -0.39 is 8.32 Å². The van der Waals surface area contributed by atoms with Crippen molar-refractivity contribution in [3.05, 3.63) is 11.1 Å². The van der Waals surface area contributed by atoms with Gasteiger partial charge in [-0.05, 0) is 36.9 Å². The summed E-state index contributed by atoms with van der Waals surface area (Å²) in [6.45, 7) is 18.0. The van der Waals surface area contributed by atoms with Gasteiger partial charge >= 0.3 is 0 Å². The van der Waals surface area contributed by atoms with Gasteiger partial charge in [-0.25, -0.2) is 0 Å². The molecule has 0 aromatic carbocycles. The molecule has 0 spiro atoms. The summed E-state index contributed by atoms with van der Waals surface area (Å²) in [5, 5.41) is 0. The Morgan fingerprint density at radius 2 is 1.38 bits per heavy atom. The van der Waals surface area contributed by atoms with Gasteiger partial charge in [-0.15, -0.1) is 0 Å². The van der Waals surface area contributed by atoms with Gasteiger partial charge in [0, 0.05) is 12.8 Å². The molecule has 0 aromatic heterocycles. The van der Waals surface area contributed by atoms with Crippen LogP contribution in [-0.2, 0) is 9.22 Å². The van der Waals surface area contributed by atoms with E-state index in [1.54, 1.807) is 0 Å². The standard InChI is InChI=1S/C18H34O2Si/c1-12(2)21(13(3)4,14(5)6)20-18-11-16(8)15(7)9-10-17(18)19/h12-14,18H,9-11H2,1-8H3. The molecular formula is C18H34O2Si. The van der Waals surface area contributed by atoms with Crippen LogP contribution >= 0.6 is 0 Å². The zero-order valence-corrected chi connectivity index (χ0v) is 16.2. The van der Waals surface area contributed by atoms with Crippen LogP contribution in [0.15, 0.2) is 11.1 Å². The maximum Gasteiger partial charge on any atom is 0.201 e. The van der Waals surface area contributed by atoms with Crippen molar-refractivity contribution in [2.45, 2.75) is 97.4 Å². The van der Waals surface area contributed by atoms with Gasteiger partial charge in [-0.2, -0.15) is 0 Å². The number of hydrogen-bond acceptors (Lipinski definition) is 2. The van der Waals surface area contributed by atoms with Crippen LogP contribution < -0.4 is 0 Å². The molecule has 21 heavy (non-hydrogen) atoms. The fourth-order valence-corrected chi connectivity index (χ4v) is 9.54. The molecule has 0 saturated carbocycles. The van der Waals surface area contributed by atoms with Gasteiger partial charge in [0.15, 0.2) is 5.78 Å². The summed E-state index contributed by atoms with van der Waals surface area (Å²) in [5.41, 5.74) is 4.31. The molecule has 2 nitrogen and oxygen atoms in total. The minimum atomic E-state index is -1.97. The lowest BCUT2D eigenvalue weighted by atomic mass is 10.1. The molecule has 3 heteroatoms. The Morgan fingerprint density at radius 3 is 1.81 bits per heavy atom. The maximum atomic E-state index is 12.5. The fraction of sp³-hybridized carbons (Fsp3) is 0.833. The predicted octanol–water partition coefficient (Wildman–Crippen LogP) is 5.64. The van der Waals surface area contributed by atoms with Crippen LogP contribution in [0, 0.1) is 0 Å². The van der Waals surface area contributed by atoms with Crippen molar-refractivity contribution in [1.82, 2.24) is 0 Å². The average Bonchev–Trinajstić information content (AvgIpc) is 2.48. The highest BCUT2D eigenvalue weighted by Gasteiger charge is 2.47. The Bertz CT molecular complexity index is 386. The fourth-order valence-electron chi connectivity index (χ4n) is 4.01. The third-order valence-electron chi connectivity index (χ3n) is 5.38. The molecule has 1 unspecified atom stereocenters. The lowest BCUT2D eigenvalue weighted by molar-refractivity contribution is -0.126. The normalized spacial score (nSPS) is 21.7. The van der Waals surface area contributed by atoms with E-state index in [0.29, 0.717) is 28.8 Å². The number of carbonyl (C=O) groups excluding carboxylic acids is 1. The summed E-state index contributed by atoms with van der Waals surface area (Å²) in [5.74, 6) is 0.310. The van der Waals surface area contributed by atoms with E-state index in [1.807, 2.05) is 0 Å². The Balaban J connectivity index is 3.10. The molecule has 0 N–H and O–H groups in total. The number of hydrogen-bond donors (Lipinski definition) is 0. The third kappa shape index (κ3) is 3.87. The van der Waals surface area contributed by atoms with Crippen molar-refractivity contribution in [1.29, 1.82) is 0 Å². The minimum Gasteiger partial charge on any atom is -0.406 e. The quantitative estimate of drug-likeness (QED) is 0.485. The molecule has 1 aliphatic carbocycles. The van der Waals surface area contributed by atoms with E-state index >= 15 is 0 Å². The van der Waals surface area contributed by atoms with Crippen LogP contribution in [0.25, 0.3) is 0 Å². The molecule has 0 aliphatic heterocycles. The predicted molar refractivity (Wildman–Crippen MR) is 93.2 cm³/mol. The first-order valence-electron chi connectivity index (χ1n) is 8.48. The van der Waals surface area contributed by atoms with Crippen molar-refractivity contribution in [2.75, 3.05) is 0 Å². The zero-order valence-electron chi connectivity index (χ0n) is 15.2. The summed E-state index contributed by atoms with van der Waals surface area (Å²) in [6.07, 6.45) is 2.14. The number of carbonyl (C=O) groups is 1. The summed E-state index contributed by atoms with van der Waals surface area (Å²) in [6, 6.07) is 0. The van der Waals surface area contributed by atoms with E-state index in [9.17, 15) is 4.79 Å². The Hall–Kier alpha value is -0.413. The van der Waals surface area contributed by atoms with Crippen LogP contribution in [0.1, 0.15) is 74.7 Å². The van der Waals surface area contributed by atoms with Crippen LogP contribution in [0.4, 0.5) is 0 Å². The number of rotatable bonds is 5. The molecular weight excluding hydrogens is 276 g/mol. The molecule has 1 atom stereocenters. The monoisotopic (exact) mass is 310 g/mol. The largest absolute Gasteiger partial charge is 0.406 e. The molecule has 0 radical (unpaired) electrons. The van der Waals surface area contributed by atoms with E-state index in [4.69, 9.17) is 4.43 Å². The van der Waals surface area contributed by atoms with E-state index in [2.05, 4.69) is 55.4 Å². The van der Waals surface area contributed by atoms with Crippen LogP contribution in [0.5, 0.6) is 0 Å². The third-order valence-corrected chi connectivity index (χ3v) is 11.5. The lowest BCUT2D eigenvalue weighted by Gasteiger charge is -2.44. The van der Waals surface area contributed by atoms with Gasteiger partial charge in [0.2, 0.25) is 8.32 Å². The number of Topliss-reactive ketones (excluding diaryl/α,β-unsaturated/α-hetero) is 1. The second kappa shape index (κ2) is 7.23. The summed E-state index contributed by atoms with van der Waals surface area (Å²) >= 11 is 0. The molecule has 0 amide bonds. The van der Waals surface area contributed by atoms with Gasteiger partial charge in [0.05, 0.1) is 0 Å². The molecule has 1 aliphatic rings. The maximum absolute atomic E-state index is 12.5. The highest BCUT2D eigenvalue weighted by Crippen LogP contribution is 2.44. The molecule has 0 bridgehead atoms. The highest BCUT2D eigenvalue weighted by molar-refractivity contribution is 6.77. The second-order valence-electron chi connectivity index (χ2n) is 7.66. The number of allylic oxidation sites excluding steroid dienone is 1. The van der Waals surface area contributed by atoms with E-state index in [1.165, 1.54) is 11.1 Å². The summed E-state index contributed by atoms with van der Waals surface area (Å²) < 4.78 is 6.73. The van der Waals surface area contributed by atoms with Gasteiger partial charge < -0.3 is 4.43 Å². The van der Waals surface area contributed by atoms with Crippen molar-refractivity contribution in [3.63, 3.8) is 0 Å². The van der Waals surface area contributed by atoms with Crippen molar-refractivity contribution in [3.8, 4) is 0 Å². The van der Waals surface area contributed by atoms with Gasteiger partial charge in [0.1, 0.15) is 6.10 Å². The van der Waals surface area contributed by atoms with Crippen molar-refractivity contribution in [2.24, 2.45) is 0 Å². The first kappa shape index (κ1) is 18.6. The Kier molecular flexibility index (Phi) is 6.42. The van der Waals surface area contributed by atoms with Gasteiger partial charge in [-0.3, -0.25) is 4.79 Å². The Morgan fingerprint density at radius 1 is 0.905 bits per heavy atom. The van der Waals surface area contributed by atoms with Crippen LogP contribution in [0.3, 0.4) is 0 Å². The second-order valence-corrected chi connectivity index (χ2v) is 13.1. The van der Waals surface area contributed by atoms with E-state index in [-0.39, 0.29) is 6.10 Å². The SMILES string of the molecule is CC1=C(C)CC(O[Si](C(C)C)(C(C)C)C(C)C)C(=O)CC1. The summed E-state index contributed by atoms with van der Waals surface area (Å²) in [7, 11) is -1.97. The minimum absolute atomic E-state index is 0.207. The smallest absolute Gasteiger partial charge is 0.201 e. The molecule has 1 rings (SSSR count). The van der Waals surface area contributed by atoms with Gasteiger partial charge in [0.25, 0.3) is 0 Å². The highest BCUT2D eigenvalue weighted by atomic mass is 28.4. The molecule has 0 fully saturated rings. The van der Waals surface area contributed by atoms with Crippen LogP contribution in [-0.4, -0.2) is 20.2 Å². The van der Waals surface area contributed by atoms with Gasteiger partial charge in [-0.1, -0.05) is 52.7 Å². The molecule has 0 aromatic rings.